The number of ether oxygens (including phenoxy) is 3. The molecule has 0 aliphatic carbocycles. The van der Waals surface area contributed by atoms with Crippen LogP contribution < -0.4 is 20.9 Å². The van der Waals surface area contributed by atoms with Crippen molar-refractivity contribution in [2.45, 2.75) is 70.5 Å². The molecule has 3 aromatic rings. The monoisotopic (exact) mass is 591 g/mol. The summed E-state index contributed by atoms with van der Waals surface area (Å²) in [5.41, 5.74) is -1.37. The molecule has 7 atom stereocenters. The molecular formula is C27H34N3O10P. The van der Waals surface area contributed by atoms with E-state index in [1.807, 2.05) is 18.2 Å². The second kappa shape index (κ2) is 12.7. The zero-order valence-electron chi connectivity index (χ0n) is 23.3. The van der Waals surface area contributed by atoms with E-state index in [0.29, 0.717) is 5.39 Å². The third-order valence-electron chi connectivity index (χ3n) is 6.44. The maximum atomic E-state index is 14.3. The molecule has 1 saturated heterocycles. The number of nitrogens with one attached hydrogen (secondary N) is 2. The average Bonchev–Trinajstić information content (AvgIpc) is 3.24. The highest BCUT2D eigenvalue weighted by Gasteiger charge is 2.50. The van der Waals surface area contributed by atoms with Crippen LogP contribution in [0.1, 0.15) is 33.9 Å². The van der Waals surface area contributed by atoms with Crippen molar-refractivity contribution in [3.63, 3.8) is 0 Å². The number of carbonyl (C=O) groups excluding carboxylic acids is 1. The van der Waals surface area contributed by atoms with Gasteiger partial charge in [0.1, 0.15) is 30.1 Å². The first kappa shape index (κ1) is 30.6. The van der Waals surface area contributed by atoms with Gasteiger partial charge < -0.3 is 23.8 Å². The molecule has 0 radical (unpaired) electrons. The number of rotatable bonds is 11. The highest BCUT2D eigenvalue weighted by Crippen LogP contribution is 2.49. The lowest BCUT2D eigenvalue weighted by molar-refractivity contribution is -0.149. The normalized spacial score (nSPS) is 23.7. The number of hydrogen-bond acceptors (Lipinski definition) is 10. The summed E-state index contributed by atoms with van der Waals surface area (Å²) in [6.07, 6.45) is -4.99. The van der Waals surface area contributed by atoms with E-state index in [9.17, 15) is 24.1 Å². The molecule has 222 valence electrons. The van der Waals surface area contributed by atoms with Crippen molar-refractivity contribution >= 4 is 24.5 Å². The number of H-pyrrole nitrogens is 1. The summed E-state index contributed by atoms with van der Waals surface area (Å²) in [6, 6.07) is 12.5. The van der Waals surface area contributed by atoms with Crippen LogP contribution in [0.2, 0.25) is 0 Å². The predicted octanol–water partition coefficient (Wildman–Crippen LogP) is 2.48. The Morgan fingerprint density at radius 1 is 1.10 bits per heavy atom. The Kier molecular flexibility index (Phi) is 9.48. The molecule has 13 nitrogen and oxygen atoms in total. The maximum absolute atomic E-state index is 14.3. The fraction of sp³-hybridized carbons (Fsp3) is 0.444. The summed E-state index contributed by atoms with van der Waals surface area (Å²) in [7, 11) is -3.04. The smallest absolute Gasteiger partial charge is 0.459 e. The fourth-order valence-electron chi connectivity index (χ4n) is 4.56. The van der Waals surface area contributed by atoms with Crippen molar-refractivity contribution in [1.82, 2.24) is 14.6 Å². The van der Waals surface area contributed by atoms with E-state index in [1.54, 1.807) is 38.1 Å². The summed E-state index contributed by atoms with van der Waals surface area (Å²) >= 11 is 0. The first-order valence-corrected chi connectivity index (χ1v) is 14.6. The molecule has 2 heterocycles. The number of fused-ring (bicyclic) bond motifs is 1. The molecule has 3 N–H and O–H groups in total. The lowest BCUT2D eigenvalue weighted by Crippen LogP contribution is -2.42. The van der Waals surface area contributed by atoms with Crippen LogP contribution in [0.25, 0.3) is 10.8 Å². The number of esters is 1. The topological polar surface area (TPSA) is 167 Å². The molecule has 0 saturated carbocycles. The van der Waals surface area contributed by atoms with Crippen LogP contribution in [0.3, 0.4) is 0 Å². The minimum Gasteiger partial charge on any atom is -0.462 e. The Morgan fingerprint density at radius 3 is 2.49 bits per heavy atom. The highest BCUT2D eigenvalue weighted by atomic mass is 31.2. The number of methoxy groups -OCH3 is 1. The van der Waals surface area contributed by atoms with Gasteiger partial charge in [-0.2, -0.15) is 5.09 Å². The van der Waals surface area contributed by atoms with E-state index in [-0.39, 0.29) is 5.75 Å². The summed E-state index contributed by atoms with van der Waals surface area (Å²) in [4.78, 5) is 38.6. The molecule has 0 bridgehead atoms. The Balaban J connectivity index is 1.63. The number of hydrogen-bond donors (Lipinski definition) is 3. The molecule has 41 heavy (non-hydrogen) atoms. The highest BCUT2D eigenvalue weighted by molar-refractivity contribution is 7.52. The summed E-state index contributed by atoms with van der Waals surface area (Å²) in [6.45, 7) is 6.32. The molecular weight excluding hydrogens is 557 g/mol. The molecule has 1 aromatic heterocycles. The van der Waals surface area contributed by atoms with Gasteiger partial charge in [0.15, 0.2) is 6.23 Å². The zero-order valence-corrected chi connectivity index (χ0v) is 24.1. The van der Waals surface area contributed by atoms with Crippen LogP contribution in [0.4, 0.5) is 0 Å². The molecule has 1 aliphatic heterocycles. The van der Waals surface area contributed by atoms with Crippen molar-refractivity contribution in [3.8, 4) is 5.75 Å². The van der Waals surface area contributed by atoms with E-state index in [4.69, 9.17) is 23.3 Å². The number of aliphatic hydroxyl groups is 1. The Hall–Kier alpha value is -3.32. The third kappa shape index (κ3) is 6.95. The van der Waals surface area contributed by atoms with Crippen molar-refractivity contribution in [2.75, 3.05) is 7.11 Å². The van der Waals surface area contributed by atoms with E-state index < -0.39 is 67.8 Å². The number of aromatic nitrogens is 2. The van der Waals surface area contributed by atoms with Gasteiger partial charge in [-0.15, -0.1) is 0 Å². The second-order valence-corrected chi connectivity index (χ2v) is 11.6. The second-order valence-electron chi connectivity index (χ2n) is 9.91. The van der Waals surface area contributed by atoms with E-state index in [2.05, 4.69) is 10.1 Å². The number of nitrogens with zero attached hydrogens (tertiary/aromatic N) is 1. The molecule has 0 amide bonds. The van der Waals surface area contributed by atoms with Crippen LogP contribution in [-0.4, -0.2) is 64.3 Å². The van der Waals surface area contributed by atoms with Crippen molar-refractivity contribution in [2.24, 2.45) is 0 Å². The van der Waals surface area contributed by atoms with Crippen LogP contribution in [0.5, 0.6) is 5.75 Å². The predicted molar refractivity (Wildman–Crippen MR) is 149 cm³/mol. The van der Waals surface area contributed by atoms with Crippen molar-refractivity contribution in [3.05, 3.63) is 75.6 Å². The maximum Gasteiger partial charge on any atom is 0.459 e. The average molecular weight is 592 g/mol. The van der Waals surface area contributed by atoms with Crippen LogP contribution in [-0.2, 0) is 28.1 Å². The van der Waals surface area contributed by atoms with Crippen LogP contribution >= 0.6 is 7.75 Å². The van der Waals surface area contributed by atoms with E-state index in [1.165, 1.54) is 27.2 Å². The number of benzene rings is 2. The first-order chi connectivity index (χ1) is 19.4. The van der Waals surface area contributed by atoms with Crippen LogP contribution in [0, 0.1) is 0 Å². The van der Waals surface area contributed by atoms with E-state index in [0.717, 1.165) is 16.0 Å². The first-order valence-electron chi connectivity index (χ1n) is 13.0. The molecule has 4 rings (SSSR count). The minimum absolute atomic E-state index is 0.232. The molecule has 1 aliphatic rings. The van der Waals surface area contributed by atoms with Gasteiger partial charge >= 0.3 is 19.4 Å². The minimum atomic E-state index is -4.37. The summed E-state index contributed by atoms with van der Waals surface area (Å²) in [5, 5.41) is 15.2. The van der Waals surface area contributed by atoms with Gasteiger partial charge in [0, 0.05) is 24.8 Å². The number of carbonyl (C=O) groups is 1. The van der Waals surface area contributed by atoms with Gasteiger partial charge in [0.25, 0.3) is 5.56 Å². The lowest BCUT2D eigenvalue weighted by atomic mass is 10.1. The Morgan fingerprint density at radius 2 is 1.80 bits per heavy atom. The van der Waals surface area contributed by atoms with Gasteiger partial charge in [-0.1, -0.05) is 36.4 Å². The molecule has 0 spiro atoms. The molecule has 2 aromatic carbocycles. The van der Waals surface area contributed by atoms with E-state index >= 15 is 0 Å². The lowest BCUT2D eigenvalue weighted by Gasteiger charge is -2.29. The van der Waals surface area contributed by atoms with Crippen molar-refractivity contribution < 1.29 is 37.7 Å². The van der Waals surface area contributed by atoms with Gasteiger partial charge in [-0.05, 0) is 39.1 Å². The zero-order chi connectivity index (χ0) is 29.9. The Bertz CT molecular complexity index is 1530. The summed E-state index contributed by atoms with van der Waals surface area (Å²) in [5.74, 6) is -0.442. The van der Waals surface area contributed by atoms with Gasteiger partial charge in [0.05, 0.1) is 12.2 Å². The number of aliphatic hydroxyl groups excluding tert-OH is 1. The number of aromatic amines is 1. The molecule has 14 heteroatoms. The molecule has 5 unspecified atom stereocenters. The van der Waals surface area contributed by atoms with Gasteiger partial charge in [0.2, 0.25) is 0 Å². The standard InChI is InChI=1S/C27H34N3O10P/c1-15(2)37-26(33)16(3)29-41(35,40-20-12-8-10-18-9-6-7-11-19(18)20)39-17(4)23-22(32)24(36-5)25(38-23)30-14-13-21(31)28-27(30)34/h6-17,22-25,32H,1-5H3,(H,29,35)(H,28,31,34)/t16?,17?,22?,23-,24?,25-,41?/m1/s1. The largest absolute Gasteiger partial charge is 0.462 e. The fourth-order valence-corrected chi connectivity index (χ4v) is 6.27. The van der Waals surface area contributed by atoms with Gasteiger partial charge in [-0.25, -0.2) is 9.36 Å². The Labute approximate surface area is 235 Å². The third-order valence-corrected chi connectivity index (χ3v) is 8.19. The SMILES string of the molecule is COC1C(O)[C@@H](C(C)OP(=O)(NC(C)C(=O)OC(C)C)Oc2cccc3ccccc23)O[C@H]1n1ccc(=O)[nH]c1=O. The van der Waals surface area contributed by atoms with Crippen LogP contribution in [0.15, 0.2) is 64.3 Å². The van der Waals surface area contributed by atoms with Gasteiger partial charge in [-0.3, -0.25) is 23.7 Å². The molecule has 1 fully saturated rings. The van der Waals surface area contributed by atoms with Crippen molar-refractivity contribution in [1.29, 1.82) is 0 Å². The summed E-state index contributed by atoms with van der Waals surface area (Å²) < 4.78 is 43.8. The quantitative estimate of drug-likeness (QED) is 0.221.